The topological polar surface area (TPSA) is 46.9 Å². The van der Waals surface area contributed by atoms with Gasteiger partial charge in [-0.15, -0.1) is 0 Å². The number of fused-ring (bicyclic) bond motifs is 1. The van der Waals surface area contributed by atoms with Crippen LogP contribution in [0.3, 0.4) is 0 Å². The fourth-order valence-electron chi connectivity index (χ4n) is 2.69. The molecule has 0 aliphatic heterocycles. The quantitative estimate of drug-likeness (QED) is 0.918. The number of rotatable bonds is 3. The van der Waals surface area contributed by atoms with Gasteiger partial charge in [0.25, 0.3) is 0 Å². The van der Waals surface area contributed by atoms with E-state index in [1.54, 1.807) is 10.7 Å². The number of nitrogens with one attached hydrogen (secondary N) is 1. The van der Waals surface area contributed by atoms with E-state index in [-0.39, 0.29) is 17.6 Å². The molecule has 1 fully saturated rings. The third kappa shape index (κ3) is 2.20. The zero-order chi connectivity index (χ0) is 13.6. The lowest BCUT2D eigenvalue weighted by Gasteiger charge is -2.05. The summed E-state index contributed by atoms with van der Waals surface area (Å²) in [6.07, 6.45) is 2.78. The van der Waals surface area contributed by atoms with Gasteiger partial charge in [-0.25, -0.2) is 4.39 Å². The first-order valence-electron chi connectivity index (χ1n) is 6.42. The van der Waals surface area contributed by atoms with E-state index in [2.05, 4.69) is 10.4 Å². The Balaban J connectivity index is 1.89. The molecule has 1 N–H and O–H groups in total. The number of benzene rings is 1. The van der Waals surface area contributed by atoms with Gasteiger partial charge in [-0.1, -0.05) is 0 Å². The van der Waals surface area contributed by atoms with Crippen molar-refractivity contribution >= 4 is 16.8 Å². The molecular weight excluding hydrogens is 245 g/mol. The first-order valence-corrected chi connectivity index (χ1v) is 6.42. The summed E-state index contributed by atoms with van der Waals surface area (Å²) < 4.78 is 15.8. The van der Waals surface area contributed by atoms with Gasteiger partial charge in [-0.2, -0.15) is 5.10 Å². The Bertz CT molecular complexity index is 649. The standard InChI is InChI=1S/C14H16FN3O/c1-8(19)16-6-9-5-10(9)14-11-7-18(2)17-13(11)4-3-12(14)15/h3-4,7,9-10H,5-6H2,1-2H3,(H,16,19). The van der Waals surface area contributed by atoms with Gasteiger partial charge >= 0.3 is 0 Å². The van der Waals surface area contributed by atoms with Crippen molar-refractivity contribution in [1.82, 2.24) is 15.1 Å². The molecule has 2 unspecified atom stereocenters. The van der Waals surface area contributed by atoms with Crippen molar-refractivity contribution in [2.24, 2.45) is 13.0 Å². The zero-order valence-corrected chi connectivity index (χ0v) is 11.0. The van der Waals surface area contributed by atoms with Crippen LogP contribution in [0.4, 0.5) is 4.39 Å². The van der Waals surface area contributed by atoms with Gasteiger partial charge in [0.05, 0.1) is 5.52 Å². The van der Waals surface area contributed by atoms with Crippen LogP contribution in [-0.4, -0.2) is 22.2 Å². The molecule has 1 saturated carbocycles. The van der Waals surface area contributed by atoms with E-state index >= 15 is 0 Å². The molecule has 1 aliphatic rings. The molecule has 0 saturated heterocycles. The Morgan fingerprint density at radius 3 is 3.11 bits per heavy atom. The minimum absolute atomic E-state index is 0.0364. The number of carbonyl (C=O) groups is 1. The lowest BCUT2D eigenvalue weighted by molar-refractivity contribution is -0.119. The van der Waals surface area contributed by atoms with Crippen molar-refractivity contribution in [3.05, 3.63) is 29.7 Å². The van der Waals surface area contributed by atoms with Crippen molar-refractivity contribution in [3.8, 4) is 0 Å². The molecule has 2 aromatic rings. The molecule has 0 bridgehead atoms. The Morgan fingerprint density at radius 1 is 1.58 bits per heavy atom. The molecule has 2 atom stereocenters. The number of hydrogen-bond acceptors (Lipinski definition) is 2. The number of carbonyl (C=O) groups excluding carboxylic acids is 1. The highest BCUT2D eigenvalue weighted by molar-refractivity contribution is 5.83. The average molecular weight is 261 g/mol. The van der Waals surface area contributed by atoms with Crippen LogP contribution < -0.4 is 5.32 Å². The maximum atomic E-state index is 14.1. The number of aromatic nitrogens is 2. The maximum Gasteiger partial charge on any atom is 0.216 e. The maximum absolute atomic E-state index is 14.1. The van der Waals surface area contributed by atoms with Crippen LogP contribution in [0.5, 0.6) is 0 Å². The zero-order valence-electron chi connectivity index (χ0n) is 11.0. The number of aryl methyl sites for hydroxylation is 1. The van der Waals surface area contributed by atoms with Gasteiger partial charge < -0.3 is 5.32 Å². The molecule has 100 valence electrons. The number of hydrogen-bond donors (Lipinski definition) is 1. The van der Waals surface area contributed by atoms with Gasteiger partial charge in [0.15, 0.2) is 0 Å². The fraction of sp³-hybridized carbons (Fsp3) is 0.429. The summed E-state index contributed by atoms with van der Waals surface area (Å²) in [6, 6.07) is 3.19. The van der Waals surface area contributed by atoms with E-state index < -0.39 is 0 Å². The van der Waals surface area contributed by atoms with Crippen LogP contribution in [0.2, 0.25) is 0 Å². The average Bonchev–Trinajstić information content (AvgIpc) is 3.00. The van der Waals surface area contributed by atoms with E-state index in [0.29, 0.717) is 12.5 Å². The van der Waals surface area contributed by atoms with Crippen molar-refractivity contribution in [2.75, 3.05) is 6.54 Å². The van der Waals surface area contributed by atoms with Crippen LogP contribution in [0, 0.1) is 11.7 Å². The second kappa shape index (κ2) is 4.33. The molecule has 3 rings (SSSR count). The van der Waals surface area contributed by atoms with Crippen LogP contribution in [0.25, 0.3) is 10.9 Å². The summed E-state index contributed by atoms with van der Waals surface area (Å²) in [7, 11) is 1.84. The fourth-order valence-corrected chi connectivity index (χ4v) is 2.69. The normalized spacial score (nSPS) is 21.6. The third-order valence-corrected chi connectivity index (χ3v) is 3.70. The summed E-state index contributed by atoms with van der Waals surface area (Å²) in [4.78, 5) is 10.9. The Hall–Kier alpha value is -1.91. The summed E-state index contributed by atoms with van der Waals surface area (Å²) in [6.45, 7) is 2.12. The Kier molecular flexibility index (Phi) is 2.77. The summed E-state index contributed by atoms with van der Waals surface area (Å²) >= 11 is 0. The van der Waals surface area contributed by atoms with E-state index in [1.807, 2.05) is 13.2 Å². The molecule has 1 heterocycles. The SMILES string of the molecule is CC(=O)NCC1CC1c1c(F)ccc2nn(C)cc12. The molecular formula is C14H16FN3O. The lowest BCUT2D eigenvalue weighted by Crippen LogP contribution is -2.22. The van der Waals surface area contributed by atoms with E-state index in [4.69, 9.17) is 0 Å². The predicted octanol–water partition coefficient (Wildman–Crippen LogP) is 1.95. The highest BCUT2D eigenvalue weighted by Gasteiger charge is 2.41. The highest BCUT2D eigenvalue weighted by Crippen LogP contribution is 2.49. The molecule has 0 radical (unpaired) electrons. The molecule has 0 spiro atoms. The molecule has 1 aromatic heterocycles. The van der Waals surface area contributed by atoms with E-state index in [9.17, 15) is 9.18 Å². The molecule has 1 amide bonds. The second-order valence-electron chi connectivity index (χ2n) is 5.24. The first kappa shape index (κ1) is 12.1. The third-order valence-electron chi connectivity index (χ3n) is 3.70. The van der Waals surface area contributed by atoms with E-state index in [0.717, 1.165) is 22.9 Å². The lowest BCUT2D eigenvalue weighted by atomic mass is 10.0. The Labute approximate surface area is 110 Å². The van der Waals surface area contributed by atoms with Gasteiger partial charge in [-0.3, -0.25) is 9.48 Å². The van der Waals surface area contributed by atoms with Gasteiger partial charge in [0.2, 0.25) is 5.91 Å². The largest absolute Gasteiger partial charge is 0.356 e. The molecule has 1 aromatic carbocycles. The number of halogens is 1. The summed E-state index contributed by atoms with van der Waals surface area (Å²) in [5.41, 5.74) is 1.57. The molecule has 1 aliphatic carbocycles. The number of amides is 1. The van der Waals surface area contributed by atoms with Gasteiger partial charge in [0, 0.05) is 37.7 Å². The predicted molar refractivity (Wildman–Crippen MR) is 70.2 cm³/mol. The van der Waals surface area contributed by atoms with Crippen LogP contribution in [0.15, 0.2) is 18.3 Å². The van der Waals surface area contributed by atoms with E-state index in [1.165, 1.54) is 13.0 Å². The van der Waals surface area contributed by atoms with Crippen molar-refractivity contribution in [1.29, 1.82) is 0 Å². The molecule has 5 heteroatoms. The molecule has 4 nitrogen and oxygen atoms in total. The summed E-state index contributed by atoms with van der Waals surface area (Å²) in [5.74, 6) is 0.325. The second-order valence-corrected chi connectivity index (χ2v) is 5.24. The first-order chi connectivity index (χ1) is 9.06. The minimum Gasteiger partial charge on any atom is -0.356 e. The van der Waals surface area contributed by atoms with Crippen molar-refractivity contribution in [2.45, 2.75) is 19.3 Å². The Morgan fingerprint density at radius 2 is 2.37 bits per heavy atom. The van der Waals surface area contributed by atoms with Crippen molar-refractivity contribution in [3.63, 3.8) is 0 Å². The monoisotopic (exact) mass is 261 g/mol. The van der Waals surface area contributed by atoms with Crippen LogP contribution >= 0.6 is 0 Å². The summed E-state index contributed by atoms with van der Waals surface area (Å²) in [5, 5.41) is 7.99. The number of nitrogens with zero attached hydrogens (tertiary/aromatic N) is 2. The highest BCUT2D eigenvalue weighted by atomic mass is 19.1. The van der Waals surface area contributed by atoms with Gasteiger partial charge in [-0.05, 0) is 30.4 Å². The smallest absolute Gasteiger partial charge is 0.216 e. The minimum atomic E-state index is -0.171. The van der Waals surface area contributed by atoms with Crippen LogP contribution in [-0.2, 0) is 11.8 Å². The molecule has 19 heavy (non-hydrogen) atoms. The van der Waals surface area contributed by atoms with Gasteiger partial charge in [0.1, 0.15) is 5.82 Å². The van der Waals surface area contributed by atoms with Crippen LogP contribution in [0.1, 0.15) is 24.8 Å². The van der Waals surface area contributed by atoms with Crippen molar-refractivity contribution < 1.29 is 9.18 Å².